The second-order valence-electron chi connectivity index (χ2n) is 5.84. The number of nitrogens with zero attached hydrogens (tertiary/aromatic N) is 1. The van der Waals surface area contributed by atoms with Gasteiger partial charge in [0.05, 0.1) is 11.5 Å². The van der Waals surface area contributed by atoms with Crippen LogP contribution in [0.4, 0.5) is 0 Å². The van der Waals surface area contributed by atoms with E-state index in [2.05, 4.69) is 11.8 Å². The summed E-state index contributed by atoms with van der Waals surface area (Å²) in [6.45, 7) is 4.41. The summed E-state index contributed by atoms with van der Waals surface area (Å²) in [6.07, 6.45) is 4.95. The molecule has 3 atom stereocenters. The zero-order chi connectivity index (χ0) is 13.2. The third-order valence-electron chi connectivity index (χ3n) is 4.79. The highest BCUT2D eigenvalue weighted by Gasteiger charge is 2.35. The normalized spacial score (nSPS) is 37.6. The molecule has 0 radical (unpaired) electrons. The smallest absolute Gasteiger partial charge is 0.152 e. The summed E-state index contributed by atoms with van der Waals surface area (Å²) in [5, 5.41) is 0. The molecule has 5 heteroatoms. The summed E-state index contributed by atoms with van der Waals surface area (Å²) in [4.78, 5) is 2.39. The van der Waals surface area contributed by atoms with Gasteiger partial charge in [-0.2, -0.15) is 0 Å². The van der Waals surface area contributed by atoms with Gasteiger partial charge in [0.1, 0.15) is 0 Å². The van der Waals surface area contributed by atoms with E-state index in [0.29, 0.717) is 36.6 Å². The van der Waals surface area contributed by atoms with Crippen LogP contribution >= 0.6 is 0 Å². The first-order valence-electron chi connectivity index (χ1n) is 7.20. The second kappa shape index (κ2) is 5.88. The SMILES string of the molecule is CCC1CCC(CN)C(N2CCS(=O)(=O)CC2)C1. The van der Waals surface area contributed by atoms with Crippen LogP contribution in [0, 0.1) is 11.8 Å². The fourth-order valence-corrected chi connectivity index (χ4v) is 4.67. The first-order valence-corrected chi connectivity index (χ1v) is 9.02. The summed E-state index contributed by atoms with van der Waals surface area (Å²) < 4.78 is 23.0. The van der Waals surface area contributed by atoms with Gasteiger partial charge in [0.25, 0.3) is 0 Å². The minimum Gasteiger partial charge on any atom is -0.330 e. The van der Waals surface area contributed by atoms with Gasteiger partial charge in [0.2, 0.25) is 0 Å². The molecule has 0 aromatic rings. The van der Waals surface area contributed by atoms with Gasteiger partial charge in [0, 0.05) is 19.1 Å². The predicted molar refractivity (Wildman–Crippen MR) is 74.2 cm³/mol. The summed E-state index contributed by atoms with van der Waals surface area (Å²) in [5.41, 5.74) is 5.90. The minimum absolute atomic E-state index is 0.331. The van der Waals surface area contributed by atoms with Gasteiger partial charge in [-0.25, -0.2) is 8.42 Å². The molecule has 1 aliphatic heterocycles. The van der Waals surface area contributed by atoms with Crippen molar-refractivity contribution < 1.29 is 8.42 Å². The largest absolute Gasteiger partial charge is 0.330 e. The lowest BCUT2D eigenvalue weighted by Gasteiger charge is -2.43. The monoisotopic (exact) mass is 274 g/mol. The van der Waals surface area contributed by atoms with E-state index in [9.17, 15) is 8.42 Å². The van der Waals surface area contributed by atoms with Crippen molar-refractivity contribution in [3.8, 4) is 0 Å². The van der Waals surface area contributed by atoms with Gasteiger partial charge in [0.15, 0.2) is 9.84 Å². The van der Waals surface area contributed by atoms with E-state index in [1.807, 2.05) is 0 Å². The molecule has 0 aromatic heterocycles. The number of sulfone groups is 1. The van der Waals surface area contributed by atoms with Gasteiger partial charge in [-0.1, -0.05) is 19.8 Å². The maximum absolute atomic E-state index is 11.5. The zero-order valence-electron chi connectivity index (χ0n) is 11.3. The molecule has 106 valence electrons. The van der Waals surface area contributed by atoms with Crippen LogP contribution in [-0.2, 0) is 9.84 Å². The highest BCUT2D eigenvalue weighted by atomic mass is 32.2. The Morgan fingerprint density at radius 2 is 1.89 bits per heavy atom. The van der Waals surface area contributed by atoms with Crippen molar-refractivity contribution in [2.75, 3.05) is 31.1 Å². The van der Waals surface area contributed by atoms with Crippen molar-refractivity contribution in [3.05, 3.63) is 0 Å². The summed E-state index contributed by atoms with van der Waals surface area (Å²) in [7, 11) is -2.77. The predicted octanol–water partition coefficient (Wildman–Crippen LogP) is 0.870. The maximum Gasteiger partial charge on any atom is 0.152 e. The van der Waals surface area contributed by atoms with Crippen molar-refractivity contribution in [3.63, 3.8) is 0 Å². The van der Waals surface area contributed by atoms with Crippen LogP contribution in [0.25, 0.3) is 0 Å². The highest BCUT2D eigenvalue weighted by molar-refractivity contribution is 7.91. The lowest BCUT2D eigenvalue weighted by Crippen LogP contribution is -2.52. The summed E-state index contributed by atoms with van der Waals surface area (Å²) in [5.74, 6) is 2.03. The second-order valence-corrected chi connectivity index (χ2v) is 8.14. The Kier molecular flexibility index (Phi) is 4.67. The van der Waals surface area contributed by atoms with Crippen LogP contribution in [0.15, 0.2) is 0 Å². The van der Waals surface area contributed by atoms with E-state index in [0.717, 1.165) is 12.5 Å². The van der Waals surface area contributed by atoms with E-state index in [1.54, 1.807) is 0 Å². The van der Waals surface area contributed by atoms with Crippen LogP contribution < -0.4 is 5.73 Å². The molecular weight excluding hydrogens is 248 g/mol. The molecule has 2 fully saturated rings. The molecule has 0 amide bonds. The van der Waals surface area contributed by atoms with Gasteiger partial charge >= 0.3 is 0 Å². The molecule has 1 aliphatic carbocycles. The van der Waals surface area contributed by atoms with Crippen LogP contribution in [0.5, 0.6) is 0 Å². The molecule has 1 saturated heterocycles. The molecule has 0 bridgehead atoms. The summed E-state index contributed by atoms with van der Waals surface area (Å²) in [6, 6.07) is 0.518. The Morgan fingerprint density at radius 1 is 1.22 bits per heavy atom. The Morgan fingerprint density at radius 3 is 2.44 bits per heavy atom. The first-order chi connectivity index (χ1) is 8.55. The molecule has 2 rings (SSSR count). The third kappa shape index (κ3) is 3.25. The molecule has 0 aromatic carbocycles. The number of nitrogens with two attached hydrogens (primary N) is 1. The average molecular weight is 274 g/mol. The van der Waals surface area contributed by atoms with Crippen molar-refractivity contribution in [2.24, 2.45) is 17.6 Å². The molecule has 1 heterocycles. The Bertz CT molecular complexity index is 355. The molecular formula is C13H26N2O2S. The molecule has 1 saturated carbocycles. The van der Waals surface area contributed by atoms with Crippen LogP contribution in [0.3, 0.4) is 0 Å². The topological polar surface area (TPSA) is 63.4 Å². The molecule has 3 unspecified atom stereocenters. The Balaban J connectivity index is 2.00. The molecule has 18 heavy (non-hydrogen) atoms. The summed E-state index contributed by atoms with van der Waals surface area (Å²) >= 11 is 0. The van der Waals surface area contributed by atoms with Crippen LogP contribution in [0.2, 0.25) is 0 Å². The van der Waals surface area contributed by atoms with E-state index < -0.39 is 9.84 Å². The van der Waals surface area contributed by atoms with E-state index >= 15 is 0 Å². The highest BCUT2D eigenvalue weighted by Crippen LogP contribution is 2.34. The van der Waals surface area contributed by atoms with Gasteiger partial charge in [-0.15, -0.1) is 0 Å². The van der Waals surface area contributed by atoms with Crippen molar-refractivity contribution in [2.45, 2.75) is 38.6 Å². The van der Waals surface area contributed by atoms with Crippen molar-refractivity contribution >= 4 is 9.84 Å². The lowest BCUT2D eigenvalue weighted by atomic mass is 9.76. The number of hydrogen-bond donors (Lipinski definition) is 1. The average Bonchev–Trinajstić information content (AvgIpc) is 2.38. The van der Waals surface area contributed by atoms with Gasteiger partial charge in [-0.3, -0.25) is 4.90 Å². The standard InChI is InChI=1S/C13H26N2O2S/c1-2-11-3-4-12(10-14)13(9-11)15-5-7-18(16,17)8-6-15/h11-13H,2-10,14H2,1H3. The van der Waals surface area contributed by atoms with E-state index in [4.69, 9.17) is 5.73 Å². The lowest BCUT2D eigenvalue weighted by molar-refractivity contribution is 0.0875. The van der Waals surface area contributed by atoms with Crippen molar-refractivity contribution in [1.29, 1.82) is 0 Å². The molecule has 2 N–H and O–H groups in total. The van der Waals surface area contributed by atoms with Crippen LogP contribution in [0.1, 0.15) is 32.6 Å². The third-order valence-corrected chi connectivity index (χ3v) is 6.40. The van der Waals surface area contributed by atoms with Crippen molar-refractivity contribution in [1.82, 2.24) is 4.90 Å². The Labute approximate surface area is 111 Å². The molecule has 2 aliphatic rings. The van der Waals surface area contributed by atoms with Gasteiger partial charge < -0.3 is 5.73 Å². The number of rotatable bonds is 3. The van der Waals surface area contributed by atoms with Crippen LogP contribution in [-0.4, -0.2) is 50.5 Å². The number of hydrogen-bond acceptors (Lipinski definition) is 4. The fourth-order valence-electron chi connectivity index (χ4n) is 3.45. The molecule has 0 spiro atoms. The quantitative estimate of drug-likeness (QED) is 0.829. The minimum atomic E-state index is -2.77. The van der Waals surface area contributed by atoms with Gasteiger partial charge in [-0.05, 0) is 31.2 Å². The maximum atomic E-state index is 11.5. The fraction of sp³-hybridized carbons (Fsp3) is 1.00. The molecule has 4 nitrogen and oxygen atoms in total. The zero-order valence-corrected chi connectivity index (χ0v) is 12.2. The first kappa shape index (κ1) is 14.3. The Hall–Kier alpha value is -0.130. The van der Waals surface area contributed by atoms with E-state index in [-0.39, 0.29) is 0 Å². The van der Waals surface area contributed by atoms with E-state index in [1.165, 1.54) is 25.7 Å².